The molecule has 3 aromatic carbocycles. The van der Waals surface area contributed by atoms with E-state index in [-0.39, 0.29) is 25.4 Å². The molecule has 0 aromatic heterocycles. The second kappa shape index (κ2) is 11.6. The molecule has 9 heteroatoms. The van der Waals surface area contributed by atoms with E-state index in [1.165, 1.54) is 0 Å². The number of fused-ring (bicyclic) bond motifs is 2. The van der Waals surface area contributed by atoms with Gasteiger partial charge in [-0.25, -0.2) is 8.78 Å². The summed E-state index contributed by atoms with van der Waals surface area (Å²) >= 11 is 0. The van der Waals surface area contributed by atoms with Crippen LogP contribution in [0.4, 0.5) is 8.78 Å². The van der Waals surface area contributed by atoms with E-state index in [4.69, 9.17) is 18.9 Å². The highest BCUT2D eigenvalue weighted by molar-refractivity contribution is 5.46. The maximum Gasteiger partial charge on any atom is 0.279 e. The zero-order valence-corrected chi connectivity index (χ0v) is 22.4. The molecular weight excluding hydrogens is 516 g/mol. The summed E-state index contributed by atoms with van der Waals surface area (Å²) in [5, 5.41) is 3.17. The third-order valence-electron chi connectivity index (χ3n) is 7.41. The van der Waals surface area contributed by atoms with Crippen molar-refractivity contribution in [2.45, 2.75) is 45.4 Å². The highest BCUT2D eigenvalue weighted by Gasteiger charge is 2.36. The number of alkyl halides is 2. The molecule has 3 aliphatic heterocycles. The van der Waals surface area contributed by atoms with E-state index in [1.54, 1.807) is 0 Å². The number of halogens is 2. The number of hydrogen-bond acceptors (Lipinski definition) is 7. The Kier molecular flexibility index (Phi) is 7.64. The van der Waals surface area contributed by atoms with E-state index < -0.39 is 6.43 Å². The molecule has 0 bridgehead atoms. The average Bonchev–Trinajstić information content (AvgIpc) is 3.70. The van der Waals surface area contributed by atoms with E-state index >= 15 is 0 Å². The number of benzene rings is 3. The Bertz CT molecular complexity index is 1310. The third-order valence-corrected chi connectivity index (χ3v) is 7.41. The quantitative estimate of drug-likeness (QED) is 0.314. The Morgan fingerprint density at radius 2 is 1.43 bits per heavy atom. The van der Waals surface area contributed by atoms with E-state index in [0.29, 0.717) is 54.9 Å². The van der Waals surface area contributed by atoms with Gasteiger partial charge in [-0.2, -0.15) is 0 Å². The van der Waals surface area contributed by atoms with Crippen LogP contribution in [0.25, 0.3) is 0 Å². The van der Waals surface area contributed by atoms with Gasteiger partial charge in [-0.3, -0.25) is 4.90 Å². The fourth-order valence-electron chi connectivity index (χ4n) is 5.45. The Balaban J connectivity index is 1.32. The molecule has 1 unspecified atom stereocenters. The molecule has 210 valence electrons. The lowest BCUT2D eigenvalue weighted by Crippen LogP contribution is -2.34. The summed E-state index contributed by atoms with van der Waals surface area (Å²) in [5.41, 5.74) is 3.60. The van der Waals surface area contributed by atoms with Gasteiger partial charge in [0.2, 0.25) is 13.6 Å². The van der Waals surface area contributed by atoms with Crippen molar-refractivity contribution in [3.05, 3.63) is 94.8 Å². The van der Waals surface area contributed by atoms with Gasteiger partial charge in [0.1, 0.15) is 11.9 Å². The van der Waals surface area contributed by atoms with Crippen molar-refractivity contribution in [2.75, 3.05) is 26.7 Å². The van der Waals surface area contributed by atoms with Crippen LogP contribution in [0.1, 0.15) is 42.6 Å². The molecule has 0 amide bonds. The standard InChI is InChI=1S/C31H33F2N3O4/c1-2-3-13-36-24(29(30(32)33)34-31(36)23-7-5-4-6-8-23)18-35(16-21-9-11-25-27(14-21)39-19-37-25)17-22-10-12-26-28(15-22)40-20-38-26/h4-12,14-15,30-31,34H,2-3,13,16-20H2,1H3. The van der Waals surface area contributed by atoms with Crippen LogP contribution in [0.15, 0.2) is 78.1 Å². The van der Waals surface area contributed by atoms with Crippen LogP contribution >= 0.6 is 0 Å². The lowest BCUT2D eigenvalue weighted by Gasteiger charge is -2.32. The van der Waals surface area contributed by atoms with Gasteiger partial charge in [0.05, 0.1) is 5.70 Å². The number of nitrogens with zero attached hydrogens (tertiary/aromatic N) is 2. The maximum atomic E-state index is 14.6. The monoisotopic (exact) mass is 549 g/mol. The molecule has 7 nitrogen and oxygen atoms in total. The van der Waals surface area contributed by atoms with Crippen molar-refractivity contribution in [3.63, 3.8) is 0 Å². The van der Waals surface area contributed by atoms with Crippen LogP contribution < -0.4 is 24.3 Å². The number of ether oxygens (including phenoxy) is 4. The Morgan fingerprint density at radius 1 is 0.825 bits per heavy atom. The summed E-state index contributed by atoms with van der Waals surface area (Å²) < 4.78 is 51.3. The van der Waals surface area contributed by atoms with Crippen molar-refractivity contribution in [1.82, 2.24) is 15.1 Å². The topological polar surface area (TPSA) is 55.4 Å². The Hall–Kier alpha value is -3.98. The van der Waals surface area contributed by atoms with Gasteiger partial charge in [-0.05, 0) is 47.4 Å². The van der Waals surface area contributed by atoms with Gasteiger partial charge >= 0.3 is 0 Å². The van der Waals surface area contributed by atoms with Gasteiger partial charge in [0.25, 0.3) is 6.43 Å². The first kappa shape index (κ1) is 26.3. The molecule has 40 heavy (non-hydrogen) atoms. The van der Waals surface area contributed by atoms with Gasteiger partial charge < -0.3 is 29.2 Å². The molecule has 0 saturated heterocycles. The zero-order chi connectivity index (χ0) is 27.5. The summed E-state index contributed by atoms with van der Waals surface area (Å²) in [5.74, 6) is 2.82. The van der Waals surface area contributed by atoms with E-state index in [2.05, 4.69) is 22.0 Å². The maximum absolute atomic E-state index is 14.6. The summed E-state index contributed by atoms with van der Waals surface area (Å²) in [6, 6.07) is 21.5. The van der Waals surface area contributed by atoms with Crippen LogP contribution in [-0.2, 0) is 13.1 Å². The molecule has 1 N–H and O–H groups in total. The fraction of sp³-hybridized carbons (Fsp3) is 0.355. The van der Waals surface area contributed by atoms with Crippen LogP contribution in [0.3, 0.4) is 0 Å². The number of rotatable bonds is 11. The van der Waals surface area contributed by atoms with Crippen LogP contribution in [-0.4, -0.2) is 42.9 Å². The predicted octanol–water partition coefficient (Wildman–Crippen LogP) is 6.03. The summed E-state index contributed by atoms with van der Waals surface area (Å²) in [6.45, 7) is 4.58. The fourth-order valence-corrected chi connectivity index (χ4v) is 5.45. The minimum absolute atomic E-state index is 0.00803. The summed E-state index contributed by atoms with van der Waals surface area (Å²) in [6.07, 6.45) is -1.10. The minimum atomic E-state index is -2.62. The molecule has 3 aliphatic rings. The van der Waals surface area contributed by atoms with Crippen molar-refractivity contribution in [1.29, 1.82) is 0 Å². The lowest BCUT2D eigenvalue weighted by atomic mass is 10.1. The zero-order valence-electron chi connectivity index (χ0n) is 22.4. The lowest BCUT2D eigenvalue weighted by molar-refractivity contribution is 0.173. The average molecular weight is 550 g/mol. The van der Waals surface area contributed by atoms with Crippen molar-refractivity contribution < 1.29 is 27.7 Å². The molecule has 0 saturated carbocycles. The first-order valence-electron chi connectivity index (χ1n) is 13.7. The van der Waals surface area contributed by atoms with E-state index in [1.807, 2.05) is 66.7 Å². The molecular formula is C31H33F2N3O4. The molecule has 0 spiro atoms. The second-order valence-electron chi connectivity index (χ2n) is 10.2. The summed E-state index contributed by atoms with van der Waals surface area (Å²) in [4.78, 5) is 4.30. The van der Waals surface area contributed by atoms with Crippen molar-refractivity contribution >= 4 is 0 Å². The van der Waals surface area contributed by atoms with Crippen LogP contribution in [0.5, 0.6) is 23.0 Å². The van der Waals surface area contributed by atoms with Crippen molar-refractivity contribution in [2.24, 2.45) is 0 Å². The smallest absolute Gasteiger partial charge is 0.279 e. The SMILES string of the molecule is CCCCN1C(CN(Cc2ccc3c(c2)OCO3)Cc2ccc3c(c2)OCO3)=C(C(F)F)NC1c1ccccc1. The molecule has 0 fully saturated rings. The van der Waals surface area contributed by atoms with E-state index in [0.717, 1.165) is 29.5 Å². The number of hydrogen-bond donors (Lipinski definition) is 1. The highest BCUT2D eigenvalue weighted by atomic mass is 19.3. The molecule has 0 radical (unpaired) electrons. The van der Waals surface area contributed by atoms with Crippen LogP contribution in [0, 0.1) is 0 Å². The largest absolute Gasteiger partial charge is 0.454 e. The number of unbranched alkanes of at least 4 members (excludes halogenated alkanes) is 1. The predicted molar refractivity (Wildman–Crippen MR) is 146 cm³/mol. The minimum Gasteiger partial charge on any atom is -0.454 e. The van der Waals surface area contributed by atoms with Crippen molar-refractivity contribution in [3.8, 4) is 23.0 Å². The number of nitrogens with one attached hydrogen (secondary N) is 1. The third kappa shape index (κ3) is 5.51. The second-order valence-corrected chi connectivity index (χ2v) is 10.2. The molecule has 3 aromatic rings. The van der Waals surface area contributed by atoms with Gasteiger partial charge in [-0.15, -0.1) is 0 Å². The summed E-state index contributed by atoms with van der Waals surface area (Å²) in [7, 11) is 0. The van der Waals surface area contributed by atoms with Gasteiger partial charge in [0.15, 0.2) is 23.0 Å². The molecule has 6 rings (SSSR count). The normalized spacial score (nSPS) is 17.3. The first-order valence-corrected chi connectivity index (χ1v) is 13.7. The number of allylic oxidation sites excluding steroid dienone is 1. The highest BCUT2D eigenvalue weighted by Crippen LogP contribution is 2.37. The molecule has 0 aliphatic carbocycles. The molecule has 1 atom stereocenters. The van der Waals surface area contributed by atoms with Gasteiger partial charge in [0, 0.05) is 26.2 Å². The Morgan fingerprint density at radius 3 is 2.00 bits per heavy atom. The first-order chi connectivity index (χ1) is 19.6. The molecule has 3 heterocycles. The van der Waals surface area contributed by atoms with Gasteiger partial charge in [-0.1, -0.05) is 55.8 Å². The van der Waals surface area contributed by atoms with Crippen LogP contribution in [0.2, 0.25) is 0 Å². The Labute approximate surface area is 232 Å². The van der Waals surface area contributed by atoms with E-state index in [9.17, 15) is 8.78 Å².